The Morgan fingerprint density at radius 1 is 1.21 bits per heavy atom. The number of benzene rings is 1. The van der Waals surface area contributed by atoms with Crippen LogP contribution in [0.15, 0.2) is 35.7 Å². The molecule has 0 atom stereocenters. The maximum Gasteiger partial charge on any atom is 0.257 e. The van der Waals surface area contributed by atoms with Gasteiger partial charge >= 0.3 is 0 Å². The number of nitriles is 2. The van der Waals surface area contributed by atoms with E-state index in [1.54, 1.807) is 50.4 Å². The van der Waals surface area contributed by atoms with Crippen LogP contribution in [0.1, 0.15) is 21.6 Å². The molecular formula is C16H13N7O. The zero-order valence-corrected chi connectivity index (χ0v) is 13.0. The number of carbonyl (C=O) groups excluding carboxylic acids is 1. The van der Waals surface area contributed by atoms with Crippen LogP contribution in [0.5, 0.6) is 0 Å². The highest BCUT2D eigenvalue weighted by molar-refractivity contribution is 6.10. The maximum absolute atomic E-state index is 12.3. The third-order valence-corrected chi connectivity index (χ3v) is 2.98. The molecule has 8 nitrogen and oxygen atoms in total. The van der Waals surface area contributed by atoms with Gasteiger partial charge in [0.05, 0.1) is 17.6 Å². The van der Waals surface area contributed by atoms with E-state index in [-0.39, 0.29) is 11.6 Å². The monoisotopic (exact) mass is 319 g/mol. The third kappa shape index (κ3) is 4.12. The molecule has 1 amide bonds. The SMILES string of the molecule is Cc1cncc(NC(=O)c2ccc(NN=C(C#N)C#N)cc2C)n1. The van der Waals surface area contributed by atoms with E-state index < -0.39 is 0 Å². The molecule has 0 radical (unpaired) electrons. The topological polar surface area (TPSA) is 127 Å². The molecule has 0 aliphatic carbocycles. The summed E-state index contributed by atoms with van der Waals surface area (Å²) < 4.78 is 0. The molecule has 0 bridgehead atoms. The molecule has 1 aromatic heterocycles. The van der Waals surface area contributed by atoms with Crippen LogP contribution in [0.2, 0.25) is 0 Å². The van der Waals surface area contributed by atoms with E-state index in [2.05, 4.69) is 25.8 Å². The summed E-state index contributed by atoms with van der Waals surface area (Å²) in [4.78, 5) is 20.4. The number of anilines is 2. The minimum absolute atomic E-state index is 0.285. The molecule has 0 aliphatic heterocycles. The molecule has 0 saturated carbocycles. The summed E-state index contributed by atoms with van der Waals surface area (Å²) in [6.45, 7) is 3.55. The third-order valence-electron chi connectivity index (χ3n) is 2.98. The Hall–Kier alpha value is -3.78. The van der Waals surface area contributed by atoms with E-state index in [0.717, 1.165) is 0 Å². The van der Waals surface area contributed by atoms with E-state index in [9.17, 15) is 4.79 Å². The van der Waals surface area contributed by atoms with Gasteiger partial charge in [-0.3, -0.25) is 15.2 Å². The van der Waals surface area contributed by atoms with Gasteiger partial charge in [0.2, 0.25) is 5.71 Å². The Bertz CT molecular complexity index is 874. The Morgan fingerprint density at radius 3 is 2.58 bits per heavy atom. The van der Waals surface area contributed by atoms with Crippen LogP contribution >= 0.6 is 0 Å². The number of hydrazone groups is 1. The lowest BCUT2D eigenvalue weighted by atomic mass is 10.1. The summed E-state index contributed by atoms with van der Waals surface area (Å²) in [5.74, 6) is 0.0658. The summed E-state index contributed by atoms with van der Waals surface area (Å²) in [5.41, 5.74) is 4.74. The molecule has 0 fully saturated rings. The van der Waals surface area contributed by atoms with Crippen LogP contribution < -0.4 is 10.7 Å². The van der Waals surface area contributed by atoms with E-state index >= 15 is 0 Å². The predicted octanol–water partition coefficient (Wildman–Crippen LogP) is 2.16. The molecule has 0 aliphatic rings. The zero-order valence-electron chi connectivity index (χ0n) is 13.0. The van der Waals surface area contributed by atoms with Gasteiger partial charge in [0.15, 0.2) is 5.82 Å². The molecule has 8 heteroatoms. The molecule has 0 saturated heterocycles. The molecular weight excluding hydrogens is 306 g/mol. The zero-order chi connectivity index (χ0) is 17.5. The largest absolute Gasteiger partial charge is 0.305 e. The number of nitrogens with zero attached hydrogens (tertiary/aromatic N) is 5. The minimum Gasteiger partial charge on any atom is -0.305 e. The molecule has 2 rings (SSSR count). The van der Waals surface area contributed by atoms with Crippen LogP contribution in [0.3, 0.4) is 0 Å². The van der Waals surface area contributed by atoms with Gasteiger partial charge in [0.1, 0.15) is 12.1 Å². The smallest absolute Gasteiger partial charge is 0.257 e. The molecule has 0 unspecified atom stereocenters. The van der Waals surface area contributed by atoms with Crippen LogP contribution in [0, 0.1) is 36.5 Å². The van der Waals surface area contributed by atoms with Crippen LogP contribution in [0.25, 0.3) is 0 Å². The van der Waals surface area contributed by atoms with Crippen molar-refractivity contribution in [2.75, 3.05) is 10.7 Å². The van der Waals surface area contributed by atoms with Crippen molar-refractivity contribution >= 4 is 23.1 Å². The van der Waals surface area contributed by atoms with Crippen LogP contribution in [-0.4, -0.2) is 21.6 Å². The lowest BCUT2D eigenvalue weighted by molar-refractivity contribution is 0.102. The molecule has 2 aromatic rings. The Morgan fingerprint density at radius 2 is 1.96 bits per heavy atom. The summed E-state index contributed by atoms with van der Waals surface area (Å²) in [7, 11) is 0. The van der Waals surface area contributed by atoms with Crippen molar-refractivity contribution in [2.24, 2.45) is 5.10 Å². The first-order valence-corrected chi connectivity index (χ1v) is 6.88. The molecule has 2 N–H and O–H groups in total. The molecule has 0 spiro atoms. The van der Waals surface area contributed by atoms with E-state index in [1.165, 1.54) is 6.20 Å². The number of hydrogen-bond acceptors (Lipinski definition) is 7. The minimum atomic E-state index is -0.308. The highest BCUT2D eigenvalue weighted by atomic mass is 16.1. The average Bonchev–Trinajstić information content (AvgIpc) is 2.55. The van der Waals surface area contributed by atoms with Gasteiger partial charge in [0, 0.05) is 11.8 Å². The first kappa shape index (κ1) is 16.6. The quantitative estimate of drug-likeness (QED) is 0.656. The van der Waals surface area contributed by atoms with Gasteiger partial charge in [-0.25, -0.2) is 4.98 Å². The molecule has 24 heavy (non-hydrogen) atoms. The number of carbonyl (C=O) groups is 1. The lowest BCUT2D eigenvalue weighted by Crippen LogP contribution is -2.15. The van der Waals surface area contributed by atoms with Gasteiger partial charge in [0.25, 0.3) is 5.91 Å². The molecule has 1 heterocycles. The van der Waals surface area contributed by atoms with Crippen molar-refractivity contribution in [3.63, 3.8) is 0 Å². The highest BCUT2D eigenvalue weighted by Crippen LogP contribution is 2.16. The summed E-state index contributed by atoms with van der Waals surface area (Å²) >= 11 is 0. The number of aryl methyl sites for hydroxylation is 2. The van der Waals surface area contributed by atoms with Crippen molar-refractivity contribution in [3.8, 4) is 12.1 Å². The molecule has 1 aromatic carbocycles. The standard InChI is InChI=1S/C16H13N7O/c1-10-5-12(22-23-13(6-17)7-18)3-4-14(10)16(24)21-15-9-19-8-11(2)20-15/h3-5,8-9,22H,1-2H3,(H,20,21,24). The van der Waals surface area contributed by atoms with E-state index in [1.807, 2.05) is 0 Å². The van der Waals surface area contributed by atoms with Gasteiger partial charge in [-0.05, 0) is 37.6 Å². The van der Waals surface area contributed by atoms with Gasteiger partial charge in [-0.2, -0.15) is 15.6 Å². The fraction of sp³-hybridized carbons (Fsp3) is 0.125. The number of aromatic nitrogens is 2. The Kier molecular flexibility index (Phi) is 5.17. The van der Waals surface area contributed by atoms with Crippen LogP contribution in [0.4, 0.5) is 11.5 Å². The average molecular weight is 319 g/mol. The second kappa shape index (κ2) is 7.47. The van der Waals surface area contributed by atoms with Crippen molar-refractivity contribution in [3.05, 3.63) is 47.4 Å². The maximum atomic E-state index is 12.3. The summed E-state index contributed by atoms with van der Waals surface area (Å²) in [6, 6.07) is 8.22. The number of hydrogen-bond donors (Lipinski definition) is 2. The predicted molar refractivity (Wildman–Crippen MR) is 88.2 cm³/mol. The Labute approximate surface area is 138 Å². The summed E-state index contributed by atoms with van der Waals surface area (Å²) in [5, 5.41) is 23.6. The second-order valence-electron chi connectivity index (χ2n) is 4.83. The number of rotatable bonds is 4. The van der Waals surface area contributed by atoms with Crippen molar-refractivity contribution in [1.82, 2.24) is 9.97 Å². The van der Waals surface area contributed by atoms with Crippen molar-refractivity contribution in [2.45, 2.75) is 13.8 Å². The van der Waals surface area contributed by atoms with Gasteiger partial charge in [-0.15, -0.1) is 0 Å². The van der Waals surface area contributed by atoms with Crippen molar-refractivity contribution in [1.29, 1.82) is 10.5 Å². The Balaban J connectivity index is 2.15. The van der Waals surface area contributed by atoms with E-state index in [4.69, 9.17) is 10.5 Å². The fourth-order valence-electron chi connectivity index (χ4n) is 1.89. The van der Waals surface area contributed by atoms with Gasteiger partial charge < -0.3 is 5.32 Å². The second-order valence-corrected chi connectivity index (χ2v) is 4.83. The van der Waals surface area contributed by atoms with Crippen LogP contribution in [-0.2, 0) is 0 Å². The number of nitrogens with one attached hydrogen (secondary N) is 2. The van der Waals surface area contributed by atoms with Gasteiger partial charge in [-0.1, -0.05) is 0 Å². The first-order valence-electron chi connectivity index (χ1n) is 6.88. The lowest BCUT2D eigenvalue weighted by Gasteiger charge is -2.09. The fourth-order valence-corrected chi connectivity index (χ4v) is 1.89. The van der Waals surface area contributed by atoms with E-state index in [0.29, 0.717) is 28.3 Å². The normalized spacial score (nSPS) is 9.33. The number of amides is 1. The molecule has 118 valence electrons. The van der Waals surface area contributed by atoms with Crippen molar-refractivity contribution < 1.29 is 4.79 Å². The first-order chi connectivity index (χ1) is 11.5. The summed E-state index contributed by atoms with van der Waals surface area (Å²) in [6.07, 6.45) is 3.06. The highest BCUT2D eigenvalue weighted by Gasteiger charge is 2.11.